The van der Waals surface area contributed by atoms with Crippen LogP contribution in [0, 0.1) is 13.8 Å². The summed E-state index contributed by atoms with van der Waals surface area (Å²) in [7, 11) is -2.86. The van der Waals surface area contributed by atoms with Gasteiger partial charge in [-0.2, -0.15) is 0 Å². The third kappa shape index (κ3) is 6.98. The minimum absolute atomic E-state index is 0.194. The van der Waals surface area contributed by atoms with Crippen LogP contribution in [0.15, 0.2) is 17.2 Å². The second-order valence-corrected chi connectivity index (χ2v) is 7.73. The Labute approximate surface area is 114 Å². The number of sulfone groups is 1. The van der Waals surface area contributed by atoms with Crippen LogP contribution in [0.1, 0.15) is 11.3 Å². The Bertz CT molecular complexity index is 467. The van der Waals surface area contributed by atoms with Gasteiger partial charge in [0.25, 0.3) is 0 Å². The first-order chi connectivity index (χ1) is 8.37. The molecule has 0 amide bonds. The molecule has 1 aromatic rings. The van der Waals surface area contributed by atoms with Crippen LogP contribution in [0.2, 0.25) is 0 Å². The van der Waals surface area contributed by atoms with Crippen molar-refractivity contribution in [2.24, 2.45) is 0 Å². The number of pyridine rings is 1. The number of hydrogen-bond donors (Lipinski definition) is 1. The highest BCUT2D eigenvalue weighted by Gasteiger charge is 2.01. The largest absolute Gasteiger partial charge is 0.315 e. The Morgan fingerprint density at radius 2 is 2.00 bits per heavy atom. The average molecular weight is 288 g/mol. The SMILES string of the molecule is Cc1cc(C)nc(SCCNCCS(C)(=O)=O)c1. The Balaban J connectivity index is 2.22. The van der Waals surface area contributed by atoms with Crippen molar-refractivity contribution in [3.8, 4) is 0 Å². The lowest BCUT2D eigenvalue weighted by atomic mass is 10.3. The minimum Gasteiger partial charge on any atom is -0.315 e. The van der Waals surface area contributed by atoms with Crippen LogP contribution < -0.4 is 5.32 Å². The lowest BCUT2D eigenvalue weighted by molar-refractivity contribution is 0.598. The van der Waals surface area contributed by atoms with Crippen LogP contribution in [0.3, 0.4) is 0 Å². The van der Waals surface area contributed by atoms with Gasteiger partial charge in [-0.3, -0.25) is 0 Å². The van der Waals surface area contributed by atoms with Gasteiger partial charge >= 0.3 is 0 Å². The number of aryl methyl sites for hydroxylation is 2. The third-order valence-electron chi connectivity index (χ3n) is 2.25. The zero-order valence-electron chi connectivity index (χ0n) is 11.1. The monoisotopic (exact) mass is 288 g/mol. The van der Waals surface area contributed by atoms with Crippen LogP contribution in [-0.4, -0.2) is 44.3 Å². The van der Waals surface area contributed by atoms with E-state index < -0.39 is 9.84 Å². The molecule has 1 rings (SSSR count). The maximum Gasteiger partial charge on any atom is 0.148 e. The molecule has 0 saturated heterocycles. The van der Waals surface area contributed by atoms with Crippen LogP contribution in [0.5, 0.6) is 0 Å². The van der Waals surface area contributed by atoms with Gasteiger partial charge in [-0.15, -0.1) is 11.8 Å². The summed E-state index contributed by atoms with van der Waals surface area (Å²) < 4.78 is 21.8. The van der Waals surface area contributed by atoms with Crippen molar-refractivity contribution >= 4 is 21.6 Å². The van der Waals surface area contributed by atoms with Crippen LogP contribution in [0.25, 0.3) is 0 Å². The quantitative estimate of drug-likeness (QED) is 0.607. The molecule has 0 aromatic carbocycles. The Morgan fingerprint density at radius 3 is 2.61 bits per heavy atom. The van der Waals surface area contributed by atoms with Gasteiger partial charge in [-0.25, -0.2) is 13.4 Å². The Hall–Kier alpha value is -0.590. The van der Waals surface area contributed by atoms with E-state index in [1.54, 1.807) is 11.8 Å². The molecule has 4 nitrogen and oxygen atoms in total. The predicted octanol–water partition coefficient (Wildman–Crippen LogP) is 1.42. The summed E-state index contributed by atoms with van der Waals surface area (Å²) in [5, 5.41) is 4.14. The summed E-state index contributed by atoms with van der Waals surface area (Å²) in [5.74, 6) is 1.08. The maximum atomic E-state index is 10.9. The molecule has 0 bridgehead atoms. The van der Waals surface area contributed by atoms with E-state index >= 15 is 0 Å². The first-order valence-electron chi connectivity index (χ1n) is 5.83. The molecular formula is C12H20N2O2S2. The molecule has 0 aliphatic heterocycles. The van der Waals surface area contributed by atoms with Crippen molar-refractivity contribution in [2.75, 3.05) is 30.9 Å². The highest BCUT2D eigenvalue weighted by Crippen LogP contribution is 2.16. The summed E-state index contributed by atoms with van der Waals surface area (Å²) in [6.07, 6.45) is 1.25. The summed E-state index contributed by atoms with van der Waals surface area (Å²) >= 11 is 1.68. The average Bonchev–Trinajstić information content (AvgIpc) is 2.20. The van der Waals surface area contributed by atoms with E-state index in [-0.39, 0.29) is 5.75 Å². The smallest absolute Gasteiger partial charge is 0.148 e. The number of nitrogens with one attached hydrogen (secondary N) is 1. The van der Waals surface area contributed by atoms with Crippen molar-refractivity contribution in [3.63, 3.8) is 0 Å². The molecule has 0 saturated carbocycles. The van der Waals surface area contributed by atoms with Gasteiger partial charge in [0, 0.05) is 30.8 Å². The van der Waals surface area contributed by atoms with Gasteiger partial charge in [-0.1, -0.05) is 0 Å². The van der Waals surface area contributed by atoms with Crippen molar-refractivity contribution in [2.45, 2.75) is 18.9 Å². The summed E-state index contributed by atoms with van der Waals surface area (Å²) in [6.45, 7) is 5.35. The lowest BCUT2D eigenvalue weighted by Gasteiger charge is -2.05. The van der Waals surface area contributed by atoms with E-state index in [4.69, 9.17) is 0 Å². The fourth-order valence-electron chi connectivity index (χ4n) is 1.49. The van der Waals surface area contributed by atoms with Crippen molar-refractivity contribution < 1.29 is 8.42 Å². The number of thioether (sulfide) groups is 1. The van der Waals surface area contributed by atoms with E-state index in [1.807, 2.05) is 6.92 Å². The second-order valence-electron chi connectivity index (χ2n) is 4.35. The van der Waals surface area contributed by atoms with Crippen molar-refractivity contribution in [1.82, 2.24) is 10.3 Å². The molecule has 0 aliphatic rings. The van der Waals surface area contributed by atoms with Crippen LogP contribution in [-0.2, 0) is 9.84 Å². The molecule has 102 valence electrons. The van der Waals surface area contributed by atoms with E-state index in [9.17, 15) is 8.42 Å². The number of nitrogens with zero attached hydrogens (tertiary/aromatic N) is 1. The van der Waals surface area contributed by atoms with Gasteiger partial charge in [0.2, 0.25) is 0 Å². The molecule has 1 aromatic heterocycles. The van der Waals surface area contributed by atoms with Crippen molar-refractivity contribution in [1.29, 1.82) is 0 Å². The Kier molecular flexibility index (Phi) is 6.11. The highest BCUT2D eigenvalue weighted by atomic mass is 32.2. The van der Waals surface area contributed by atoms with E-state index in [1.165, 1.54) is 11.8 Å². The topological polar surface area (TPSA) is 59.1 Å². The van der Waals surface area contributed by atoms with Crippen molar-refractivity contribution in [3.05, 3.63) is 23.4 Å². The fourth-order valence-corrected chi connectivity index (χ4v) is 2.94. The van der Waals surface area contributed by atoms with E-state index in [0.29, 0.717) is 6.54 Å². The van der Waals surface area contributed by atoms with Crippen LogP contribution >= 0.6 is 11.8 Å². The molecule has 1 N–H and O–H groups in total. The molecule has 0 aliphatic carbocycles. The van der Waals surface area contributed by atoms with E-state index in [0.717, 1.165) is 23.0 Å². The zero-order chi connectivity index (χ0) is 13.6. The van der Waals surface area contributed by atoms with Gasteiger partial charge in [0.15, 0.2) is 0 Å². The zero-order valence-corrected chi connectivity index (χ0v) is 12.7. The first kappa shape index (κ1) is 15.5. The maximum absolute atomic E-state index is 10.9. The van der Waals surface area contributed by atoms with Crippen LogP contribution in [0.4, 0.5) is 0 Å². The molecule has 0 spiro atoms. The van der Waals surface area contributed by atoms with Gasteiger partial charge in [-0.05, 0) is 31.5 Å². The lowest BCUT2D eigenvalue weighted by Crippen LogP contribution is -2.24. The molecule has 0 fully saturated rings. The highest BCUT2D eigenvalue weighted by molar-refractivity contribution is 7.99. The van der Waals surface area contributed by atoms with Gasteiger partial charge in [0.05, 0.1) is 10.8 Å². The molecule has 0 atom stereocenters. The Morgan fingerprint density at radius 1 is 1.28 bits per heavy atom. The predicted molar refractivity (Wildman–Crippen MR) is 77.0 cm³/mol. The summed E-state index contributed by atoms with van der Waals surface area (Å²) in [5.41, 5.74) is 2.25. The number of rotatable bonds is 7. The third-order valence-corrected chi connectivity index (χ3v) is 4.11. The summed E-state index contributed by atoms with van der Waals surface area (Å²) in [6, 6.07) is 4.11. The second kappa shape index (κ2) is 7.11. The molecule has 6 heteroatoms. The molecule has 18 heavy (non-hydrogen) atoms. The normalized spacial score (nSPS) is 11.7. The fraction of sp³-hybridized carbons (Fsp3) is 0.583. The minimum atomic E-state index is -2.86. The molecule has 1 heterocycles. The number of aromatic nitrogens is 1. The van der Waals surface area contributed by atoms with E-state index in [2.05, 4.69) is 29.4 Å². The molecular weight excluding hydrogens is 268 g/mol. The first-order valence-corrected chi connectivity index (χ1v) is 8.88. The number of hydrogen-bond acceptors (Lipinski definition) is 5. The standard InChI is InChI=1S/C12H20N2O2S2/c1-10-8-11(2)14-12(9-10)17-6-4-13-5-7-18(3,15)16/h8-9,13H,4-7H2,1-3H3. The van der Waals surface area contributed by atoms with Gasteiger partial charge < -0.3 is 5.32 Å². The van der Waals surface area contributed by atoms with Gasteiger partial charge in [0.1, 0.15) is 9.84 Å². The molecule has 0 radical (unpaired) electrons. The summed E-state index contributed by atoms with van der Waals surface area (Å²) in [4.78, 5) is 4.43. The molecule has 0 unspecified atom stereocenters.